The Labute approximate surface area is 85.6 Å². The maximum Gasteiger partial charge on any atom is 0.120 e. The summed E-state index contributed by atoms with van der Waals surface area (Å²) in [4.78, 5) is 10.4. The fraction of sp³-hybridized carbons (Fsp3) is 0.583. The van der Waals surface area contributed by atoms with Crippen molar-refractivity contribution in [2.45, 2.75) is 33.1 Å². The minimum Gasteiger partial charge on any atom is -0.497 e. The van der Waals surface area contributed by atoms with Crippen LogP contribution < -0.4 is 0 Å². The van der Waals surface area contributed by atoms with Gasteiger partial charge < -0.3 is 9.53 Å². The molecular formula is C12H18O2. The van der Waals surface area contributed by atoms with Gasteiger partial charge in [0.15, 0.2) is 0 Å². The van der Waals surface area contributed by atoms with Crippen molar-refractivity contribution in [3.8, 4) is 0 Å². The Hall–Kier alpha value is -1.05. The highest BCUT2D eigenvalue weighted by atomic mass is 16.5. The summed E-state index contributed by atoms with van der Waals surface area (Å²) in [5, 5.41) is 0. The fourth-order valence-electron chi connectivity index (χ4n) is 1.27. The Morgan fingerprint density at radius 2 is 2.36 bits per heavy atom. The Kier molecular flexibility index (Phi) is 3.93. The molecule has 14 heavy (non-hydrogen) atoms. The van der Waals surface area contributed by atoms with Crippen molar-refractivity contribution in [1.82, 2.24) is 0 Å². The summed E-state index contributed by atoms with van der Waals surface area (Å²) in [5.74, 6) is 1.03. The van der Waals surface area contributed by atoms with Crippen LogP contribution in [-0.4, -0.2) is 12.9 Å². The van der Waals surface area contributed by atoms with E-state index in [0.29, 0.717) is 13.0 Å². The third-order valence-corrected chi connectivity index (χ3v) is 2.26. The Morgan fingerprint density at radius 3 is 2.93 bits per heavy atom. The van der Waals surface area contributed by atoms with Crippen molar-refractivity contribution in [1.29, 1.82) is 0 Å². The van der Waals surface area contributed by atoms with E-state index in [1.54, 1.807) is 0 Å². The molecule has 0 heterocycles. The molecule has 0 aromatic carbocycles. The average molecular weight is 194 g/mol. The van der Waals surface area contributed by atoms with Crippen molar-refractivity contribution in [3.63, 3.8) is 0 Å². The number of carbonyl (C=O) groups is 1. The van der Waals surface area contributed by atoms with Crippen molar-refractivity contribution in [2.24, 2.45) is 5.41 Å². The van der Waals surface area contributed by atoms with Gasteiger partial charge in [-0.1, -0.05) is 26.0 Å². The predicted molar refractivity (Wildman–Crippen MR) is 56.9 cm³/mol. The zero-order chi connectivity index (χ0) is 10.4. The molecule has 0 N–H and O–H groups in total. The number of hydrogen-bond donors (Lipinski definition) is 0. The van der Waals surface area contributed by atoms with E-state index in [-0.39, 0.29) is 5.41 Å². The second-order valence-corrected chi connectivity index (χ2v) is 4.42. The van der Waals surface area contributed by atoms with Crippen LogP contribution in [0.4, 0.5) is 0 Å². The van der Waals surface area contributed by atoms with Crippen molar-refractivity contribution >= 4 is 6.29 Å². The normalized spacial score (nSPS) is 16.3. The molecule has 0 aromatic heterocycles. The van der Waals surface area contributed by atoms with Crippen LogP contribution in [0.2, 0.25) is 0 Å². The topological polar surface area (TPSA) is 26.3 Å². The monoisotopic (exact) mass is 194 g/mol. The molecule has 0 aliphatic heterocycles. The molecule has 78 valence electrons. The minimum atomic E-state index is -0.0518. The molecule has 2 heteroatoms. The SMILES string of the molecule is CC(C)(CC=O)COC1=CC=CCC1. The Balaban J connectivity index is 2.35. The number of ether oxygens (including phenoxy) is 1. The lowest BCUT2D eigenvalue weighted by molar-refractivity contribution is -0.110. The molecule has 0 aromatic rings. The van der Waals surface area contributed by atoms with E-state index in [0.717, 1.165) is 24.9 Å². The van der Waals surface area contributed by atoms with E-state index in [2.05, 4.69) is 6.08 Å². The van der Waals surface area contributed by atoms with Crippen LogP contribution in [0.3, 0.4) is 0 Å². The number of hydrogen-bond acceptors (Lipinski definition) is 2. The standard InChI is InChI=1S/C12H18O2/c1-12(2,8-9-13)10-14-11-6-4-3-5-7-11/h3-4,6,9H,5,7-8,10H2,1-2H3. The number of carbonyl (C=O) groups excluding carboxylic acids is 1. The quantitative estimate of drug-likeness (QED) is 0.629. The van der Waals surface area contributed by atoms with Gasteiger partial charge in [0.1, 0.15) is 6.29 Å². The van der Waals surface area contributed by atoms with Gasteiger partial charge in [0, 0.05) is 18.3 Å². The smallest absolute Gasteiger partial charge is 0.120 e. The summed E-state index contributed by atoms with van der Waals surface area (Å²) < 4.78 is 5.65. The second-order valence-electron chi connectivity index (χ2n) is 4.42. The van der Waals surface area contributed by atoms with Crippen molar-refractivity contribution < 1.29 is 9.53 Å². The predicted octanol–water partition coefficient (Wildman–Crippen LogP) is 2.85. The Morgan fingerprint density at radius 1 is 1.57 bits per heavy atom. The van der Waals surface area contributed by atoms with Crippen LogP contribution in [0.15, 0.2) is 24.0 Å². The van der Waals surface area contributed by atoms with Crippen LogP contribution in [0.1, 0.15) is 33.1 Å². The lowest BCUT2D eigenvalue weighted by Gasteiger charge is -2.23. The number of aldehydes is 1. The molecule has 0 bridgehead atoms. The molecule has 1 rings (SSSR count). The second kappa shape index (κ2) is 4.99. The average Bonchev–Trinajstić information content (AvgIpc) is 2.17. The van der Waals surface area contributed by atoms with Gasteiger partial charge in [-0.3, -0.25) is 0 Å². The minimum absolute atomic E-state index is 0.0518. The first-order valence-corrected chi connectivity index (χ1v) is 5.06. The number of rotatable bonds is 5. The highest BCUT2D eigenvalue weighted by molar-refractivity contribution is 5.50. The van der Waals surface area contributed by atoms with Gasteiger partial charge >= 0.3 is 0 Å². The van der Waals surface area contributed by atoms with Crippen LogP contribution in [0.5, 0.6) is 0 Å². The Bertz CT molecular complexity index is 249. The molecule has 0 atom stereocenters. The summed E-state index contributed by atoms with van der Waals surface area (Å²) >= 11 is 0. The van der Waals surface area contributed by atoms with Gasteiger partial charge in [-0.15, -0.1) is 0 Å². The van der Waals surface area contributed by atoms with Crippen LogP contribution in [0.25, 0.3) is 0 Å². The van der Waals surface area contributed by atoms with E-state index >= 15 is 0 Å². The first-order chi connectivity index (χ1) is 6.64. The molecule has 0 unspecified atom stereocenters. The molecule has 1 aliphatic carbocycles. The van der Waals surface area contributed by atoms with Gasteiger partial charge in [-0.25, -0.2) is 0 Å². The maximum atomic E-state index is 10.4. The molecule has 1 aliphatic rings. The number of allylic oxidation sites excluding steroid dienone is 4. The summed E-state index contributed by atoms with van der Waals surface area (Å²) in [7, 11) is 0. The van der Waals surface area contributed by atoms with Gasteiger partial charge in [0.25, 0.3) is 0 Å². The van der Waals surface area contributed by atoms with E-state index in [4.69, 9.17) is 4.74 Å². The van der Waals surface area contributed by atoms with Gasteiger partial charge in [-0.05, 0) is 12.5 Å². The zero-order valence-electron chi connectivity index (χ0n) is 8.95. The highest BCUT2D eigenvalue weighted by Gasteiger charge is 2.18. The van der Waals surface area contributed by atoms with E-state index < -0.39 is 0 Å². The molecule has 0 saturated carbocycles. The van der Waals surface area contributed by atoms with Crippen molar-refractivity contribution in [3.05, 3.63) is 24.0 Å². The lowest BCUT2D eigenvalue weighted by Crippen LogP contribution is -2.19. The summed E-state index contributed by atoms with van der Waals surface area (Å²) in [6.07, 6.45) is 9.69. The fourth-order valence-corrected chi connectivity index (χ4v) is 1.27. The lowest BCUT2D eigenvalue weighted by atomic mass is 9.91. The highest BCUT2D eigenvalue weighted by Crippen LogP contribution is 2.22. The molecule has 0 amide bonds. The van der Waals surface area contributed by atoms with Crippen LogP contribution >= 0.6 is 0 Å². The molecule has 0 spiro atoms. The summed E-state index contributed by atoms with van der Waals surface area (Å²) in [5.41, 5.74) is -0.0518. The molecule has 2 nitrogen and oxygen atoms in total. The van der Waals surface area contributed by atoms with Gasteiger partial charge in [-0.2, -0.15) is 0 Å². The third-order valence-electron chi connectivity index (χ3n) is 2.26. The third kappa shape index (κ3) is 3.77. The molecule has 0 saturated heterocycles. The van der Waals surface area contributed by atoms with Crippen molar-refractivity contribution in [2.75, 3.05) is 6.61 Å². The van der Waals surface area contributed by atoms with Crippen LogP contribution in [0, 0.1) is 5.41 Å². The van der Waals surface area contributed by atoms with E-state index in [1.165, 1.54) is 0 Å². The summed E-state index contributed by atoms with van der Waals surface area (Å²) in [6, 6.07) is 0. The molecule has 0 fully saturated rings. The van der Waals surface area contributed by atoms with Crippen LogP contribution in [-0.2, 0) is 9.53 Å². The first-order valence-electron chi connectivity index (χ1n) is 5.06. The molecule has 0 radical (unpaired) electrons. The zero-order valence-corrected chi connectivity index (χ0v) is 8.95. The maximum absolute atomic E-state index is 10.4. The molecular weight excluding hydrogens is 176 g/mol. The van der Waals surface area contributed by atoms with Gasteiger partial charge in [0.05, 0.1) is 12.4 Å². The first kappa shape index (κ1) is 11.0. The largest absolute Gasteiger partial charge is 0.497 e. The van der Waals surface area contributed by atoms with E-state index in [1.807, 2.05) is 26.0 Å². The van der Waals surface area contributed by atoms with E-state index in [9.17, 15) is 4.79 Å². The van der Waals surface area contributed by atoms with Gasteiger partial charge in [0.2, 0.25) is 0 Å². The summed E-state index contributed by atoms with van der Waals surface area (Å²) in [6.45, 7) is 4.70.